The van der Waals surface area contributed by atoms with Gasteiger partial charge in [0.15, 0.2) is 5.82 Å². The summed E-state index contributed by atoms with van der Waals surface area (Å²) in [7, 11) is 4.15. The first kappa shape index (κ1) is 15.0. The highest BCUT2D eigenvalue weighted by molar-refractivity contribution is 6.35. The molecule has 0 fully saturated rings. The summed E-state index contributed by atoms with van der Waals surface area (Å²) in [5.74, 6) is 1.55. The molecule has 0 amide bonds. The van der Waals surface area contributed by atoms with E-state index in [0.717, 1.165) is 13.0 Å². The molecule has 18 heavy (non-hydrogen) atoms. The number of nitrogens with one attached hydrogen (secondary N) is 1. The van der Waals surface area contributed by atoms with Crippen molar-refractivity contribution in [3.05, 3.63) is 11.3 Å². The van der Waals surface area contributed by atoms with E-state index in [1.807, 2.05) is 0 Å². The van der Waals surface area contributed by atoms with Gasteiger partial charge >= 0.3 is 0 Å². The lowest BCUT2D eigenvalue weighted by Crippen LogP contribution is -2.35. The van der Waals surface area contributed by atoms with Gasteiger partial charge in [0, 0.05) is 12.6 Å². The summed E-state index contributed by atoms with van der Waals surface area (Å²) in [4.78, 5) is 10.1. The molecule has 102 valence electrons. The summed E-state index contributed by atoms with van der Waals surface area (Å²) in [6.07, 6.45) is 2.52. The number of rotatable bonds is 6. The van der Waals surface area contributed by atoms with Crippen molar-refractivity contribution in [1.29, 1.82) is 0 Å². The molecule has 0 saturated heterocycles. The van der Waals surface area contributed by atoms with Gasteiger partial charge in [-0.2, -0.15) is 0 Å². The van der Waals surface area contributed by atoms with Crippen LogP contribution < -0.4 is 11.1 Å². The van der Waals surface area contributed by atoms with E-state index in [9.17, 15) is 0 Å². The van der Waals surface area contributed by atoms with Gasteiger partial charge in [0.1, 0.15) is 17.2 Å². The zero-order chi connectivity index (χ0) is 13.7. The van der Waals surface area contributed by atoms with Crippen LogP contribution in [0.2, 0.25) is 5.02 Å². The van der Waals surface area contributed by atoms with Crippen molar-refractivity contribution in [3.8, 4) is 0 Å². The third-order valence-corrected chi connectivity index (χ3v) is 3.17. The average Bonchev–Trinajstić information content (AvgIpc) is 2.28. The van der Waals surface area contributed by atoms with Gasteiger partial charge in [-0.15, -0.1) is 0 Å². The molecule has 1 heterocycles. The van der Waals surface area contributed by atoms with Gasteiger partial charge in [0.25, 0.3) is 0 Å². The summed E-state index contributed by atoms with van der Waals surface area (Å²) in [5.41, 5.74) is 5.63. The molecule has 0 aliphatic carbocycles. The highest BCUT2D eigenvalue weighted by atomic mass is 35.5. The van der Waals surface area contributed by atoms with Crippen LogP contribution in [0.5, 0.6) is 0 Å². The topological polar surface area (TPSA) is 67.1 Å². The number of hydrogen-bond acceptors (Lipinski definition) is 5. The van der Waals surface area contributed by atoms with Crippen molar-refractivity contribution in [1.82, 2.24) is 14.9 Å². The van der Waals surface area contributed by atoms with Crippen LogP contribution >= 0.6 is 11.6 Å². The van der Waals surface area contributed by atoms with E-state index in [4.69, 9.17) is 17.3 Å². The number of nitrogen functional groups attached to an aromatic ring is 1. The van der Waals surface area contributed by atoms with Crippen LogP contribution in [0.4, 0.5) is 11.6 Å². The van der Waals surface area contributed by atoms with Crippen LogP contribution in [0, 0.1) is 5.92 Å². The molecule has 1 atom stereocenters. The number of anilines is 2. The molecule has 0 aliphatic rings. The van der Waals surface area contributed by atoms with Gasteiger partial charge in [-0.1, -0.05) is 25.4 Å². The van der Waals surface area contributed by atoms with Crippen LogP contribution in [0.25, 0.3) is 0 Å². The molecule has 1 rings (SSSR count). The van der Waals surface area contributed by atoms with Crippen molar-refractivity contribution in [2.45, 2.75) is 26.3 Å². The van der Waals surface area contributed by atoms with Gasteiger partial charge in [-0.25, -0.2) is 9.97 Å². The second kappa shape index (κ2) is 6.75. The lowest BCUT2D eigenvalue weighted by molar-refractivity contribution is 0.266. The van der Waals surface area contributed by atoms with Crippen LogP contribution in [-0.2, 0) is 0 Å². The standard InChI is InChI=1S/C12H22ClN5/c1-8(2)5-9(18(3)4)6-15-12-10(13)11(14)16-7-17-12/h7-9H,5-6H2,1-4H3,(H3,14,15,16,17). The molecule has 1 unspecified atom stereocenters. The Balaban J connectivity index is 2.64. The number of likely N-dealkylation sites (N-methyl/N-ethyl adjacent to an activating group) is 1. The Morgan fingerprint density at radius 3 is 2.61 bits per heavy atom. The Bertz CT molecular complexity index is 381. The molecule has 3 N–H and O–H groups in total. The van der Waals surface area contributed by atoms with Gasteiger partial charge in [0.2, 0.25) is 0 Å². The molecular weight excluding hydrogens is 250 g/mol. The predicted octanol–water partition coefficient (Wildman–Crippen LogP) is 2.10. The maximum atomic E-state index is 6.04. The van der Waals surface area contributed by atoms with Crippen LogP contribution in [0.1, 0.15) is 20.3 Å². The Morgan fingerprint density at radius 1 is 1.39 bits per heavy atom. The fraction of sp³-hybridized carbons (Fsp3) is 0.667. The molecule has 6 heteroatoms. The second-order valence-corrected chi connectivity index (χ2v) is 5.43. The molecule has 5 nitrogen and oxygen atoms in total. The third kappa shape index (κ3) is 4.31. The summed E-state index contributed by atoms with van der Waals surface area (Å²) in [6, 6.07) is 0.428. The summed E-state index contributed by atoms with van der Waals surface area (Å²) >= 11 is 6.04. The molecule has 0 spiro atoms. The van der Waals surface area contributed by atoms with Crippen LogP contribution in [-0.4, -0.2) is 41.5 Å². The van der Waals surface area contributed by atoms with Gasteiger partial charge in [-0.3, -0.25) is 0 Å². The van der Waals surface area contributed by atoms with E-state index in [-0.39, 0.29) is 0 Å². The molecule has 1 aromatic heterocycles. The first-order valence-corrected chi connectivity index (χ1v) is 6.45. The second-order valence-electron chi connectivity index (χ2n) is 5.05. The number of nitrogens with zero attached hydrogens (tertiary/aromatic N) is 3. The normalized spacial score (nSPS) is 13.1. The largest absolute Gasteiger partial charge is 0.382 e. The average molecular weight is 272 g/mol. The fourth-order valence-corrected chi connectivity index (χ4v) is 1.91. The van der Waals surface area contributed by atoms with Crippen LogP contribution in [0.3, 0.4) is 0 Å². The number of nitrogens with two attached hydrogens (primary N) is 1. The van der Waals surface area contributed by atoms with E-state index in [1.165, 1.54) is 6.33 Å². The molecule has 0 aliphatic heterocycles. The van der Waals surface area contributed by atoms with Crippen molar-refractivity contribution in [2.75, 3.05) is 31.7 Å². The minimum atomic E-state index is 0.305. The van der Waals surface area contributed by atoms with Gasteiger partial charge in [0.05, 0.1) is 0 Å². The number of halogens is 1. The lowest BCUT2D eigenvalue weighted by atomic mass is 10.0. The maximum absolute atomic E-state index is 6.04. The van der Waals surface area contributed by atoms with Crippen LogP contribution in [0.15, 0.2) is 6.33 Å². The predicted molar refractivity (Wildman–Crippen MR) is 76.9 cm³/mol. The minimum absolute atomic E-state index is 0.305. The van der Waals surface area contributed by atoms with Crippen molar-refractivity contribution in [2.24, 2.45) is 5.92 Å². The Morgan fingerprint density at radius 2 is 2.06 bits per heavy atom. The smallest absolute Gasteiger partial charge is 0.150 e. The molecule has 0 bridgehead atoms. The number of hydrogen-bond donors (Lipinski definition) is 2. The molecule has 0 radical (unpaired) electrons. The van der Waals surface area contributed by atoms with Crippen molar-refractivity contribution in [3.63, 3.8) is 0 Å². The highest BCUT2D eigenvalue weighted by Crippen LogP contribution is 2.23. The third-order valence-electron chi connectivity index (χ3n) is 2.80. The minimum Gasteiger partial charge on any atom is -0.382 e. The molecule has 0 saturated carbocycles. The van der Waals surface area contributed by atoms with E-state index >= 15 is 0 Å². The Kier molecular flexibility index (Phi) is 5.62. The van der Waals surface area contributed by atoms with Crippen molar-refractivity contribution < 1.29 is 0 Å². The highest BCUT2D eigenvalue weighted by Gasteiger charge is 2.14. The zero-order valence-corrected chi connectivity index (χ0v) is 12.2. The summed E-state index contributed by atoms with van der Waals surface area (Å²) < 4.78 is 0. The van der Waals surface area contributed by atoms with E-state index in [2.05, 4.69) is 48.1 Å². The Hall–Kier alpha value is -1.07. The first-order valence-electron chi connectivity index (χ1n) is 6.08. The van der Waals surface area contributed by atoms with E-state index < -0.39 is 0 Å². The van der Waals surface area contributed by atoms with E-state index in [0.29, 0.717) is 28.6 Å². The first-order chi connectivity index (χ1) is 8.41. The number of aromatic nitrogens is 2. The summed E-state index contributed by atoms with van der Waals surface area (Å²) in [5, 5.41) is 3.62. The van der Waals surface area contributed by atoms with Gasteiger partial charge < -0.3 is 16.0 Å². The SMILES string of the molecule is CC(C)CC(CNc1ncnc(N)c1Cl)N(C)C. The van der Waals surface area contributed by atoms with E-state index in [1.54, 1.807) is 0 Å². The monoisotopic (exact) mass is 271 g/mol. The molecular formula is C12H22ClN5. The fourth-order valence-electron chi connectivity index (χ4n) is 1.74. The molecule has 0 aromatic carbocycles. The maximum Gasteiger partial charge on any atom is 0.150 e. The quantitative estimate of drug-likeness (QED) is 0.829. The Labute approximate surface area is 114 Å². The van der Waals surface area contributed by atoms with Crippen molar-refractivity contribution >= 4 is 23.2 Å². The lowest BCUT2D eigenvalue weighted by Gasteiger charge is -2.26. The zero-order valence-electron chi connectivity index (χ0n) is 11.4. The summed E-state index contributed by atoms with van der Waals surface area (Å²) in [6.45, 7) is 5.21. The molecule has 1 aromatic rings. The van der Waals surface area contributed by atoms with Gasteiger partial charge in [-0.05, 0) is 26.4 Å².